The average Bonchev–Trinajstić information content (AvgIpc) is 3.24. The summed E-state index contributed by atoms with van der Waals surface area (Å²) in [5.41, 5.74) is 2.74. The second kappa shape index (κ2) is 5.16. The van der Waals surface area contributed by atoms with E-state index in [1.165, 1.54) is 11.1 Å². The van der Waals surface area contributed by atoms with Gasteiger partial charge in [0.2, 0.25) is 5.79 Å². The number of likely N-dealkylation sites (N-methyl/N-ethyl adjacent to an activating group) is 1. The van der Waals surface area contributed by atoms with Gasteiger partial charge in [0.25, 0.3) is 0 Å². The summed E-state index contributed by atoms with van der Waals surface area (Å²) in [4.78, 5) is 2.55. The number of hydrogen-bond acceptors (Lipinski definition) is 5. The van der Waals surface area contributed by atoms with Crippen molar-refractivity contribution in [3.05, 3.63) is 21.7 Å². The maximum atomic E-state index is 6.71. The standard InChI is InChI=1S/C20H24BrNO4/c1-22-6-5-19-12-3-4-20(24-7-8-25-20)18(19)26-17-15(23-2)10-13(21)11(16(17)19)9-14(12)22/h10,12,14,18H,3-9H2,1-2H3/t12?,14?,18-,19+/m1/s1. The molecular weight excluding hydrogens is 398 g/mol. The number of piperidine rings is 1. The Labute approximate surface area is 162 Å². The van der Waals surface area contributed by atoms with Crippen LogP contribution in [0.2, 0.25) is 0 Å². The Kier molecular flexibility index (Phi) is 3.21. The van der Waals surface area contributed by atoms with E-state index in [4.69, 9.17) is 18.9 Å². The van der Waals surface area contributed by atoms with Gasteiger partial charge in [0.1, 0.15) is 0 Å². The van der Waals surface area contributed by atoms with Gasteiger partial charge in [0.05, 0.1) is 20.3 Å². The van der Waals surface area contributed by atoms with Crippen molar-refractivity contribution in [2.45, 2.75) is 49.0 Å². The maximum absolute atomic E-state index is 6.71. The number of methoxy groups -OCH3 is 1. The van der Waals surface area contributed by atoms with Gasteiger partial charge in [-0.05, 0) is 50.4 Å². The van der Waals surface area contributed by atoms with Crippen molar-refractivity contribution in [3.63, 3.8) is 0 Å². The summed E-state index contributed by atoms with van der Waals surface area (Å²) in [6.07, 6.45) is 4.12. The second-order valence-electron chi connectivity index (χ2n) is 8.44. The number of nitrogens with zero attached hydrogens (tertiary/aromatic N) is 1. The molecule has 2 saturated heterocycles. The number of likely N-dealkylation sites (tertiary alicyclic amines) is 1. The molecule has 3 heterocycles. The number of fused-ring (bicyclic) bond motifs is 1. The molecule has 2 spiro atoms. The van der Waals surface area contributed by atoms with E-state index >= 15 is 0 Å². The highest BCUT2D eigenvalue weighted by Gasteiger charge is 2.71. The summed E-state index contributed by atoms with van der Waals surface area (Å²) >= 11 is 3.83. The first-order valence-corrected chi connectivity index (χ1v) is 10.4. The van der Waals surface area contributed by atoms with Crippen molar-refractivity contribution in [3.8, 4) is 11.5 Å². The van der Waals surface area contributed by atoms with Gasteiger partial charge in [0.15, 0.2) is 17.6 Å². The van der Waals surface area contributed by atoms with E-state index in [-0.39, 0.29) is 11.5 Å². The minimum absolute atomic E-state index is 0.0280. The third kappa shape index (κ3) is 1.69. The van der Waals surface area contributed by atoms with Gasteiger partial charge >= 0.3 is 0 Å². The van der Waals surface area contributed by atoms with Gasteiger partial charge in [-0.15, -0.1) is 0 Å². The third-order valence-electron chi connectivity index (χ3n) is 7.65. The fraction of sp³-hybridized carbons (Fsp3) is 0.700. The zero-order chi connectivity index (χ0) is 17.7. The molecule has 2 unspecified atom stereocenters. The maximum Gasteiger partial charge on any atom is 0.206 e. The zero-order valence-electron chi connectivity index (χ0n) is 15.2. The minimum atomic E-state index is -0.595. The Hall–Kier alpha value is -0.820. The highest BCUT2D eigenvalue weighted by molar-refractivity contribution is 9.10. The lowest BCUT2D eigenvalue weighted by molar-refractivity contribution is -0.260. The highest BCUT2D eigenvalue weighted by atomic mass is 79.9. The van der Waals surface area contributed by atoms with E-state index in [2.05, 4.69) is 33.9 Å². The third-order valence-corrected chi connectivity index (χ3v) is 8.36. The topological polar surface area (TPSA) is 40.2 Å². The Bertz CT molecular complexity index is 793. The van der Waals surface area contributed by atoms with E-state index in [1.807, 2.05) is 0 Å². The predicted octanol–water partition coefficient (Wildman–Crippen LogP) is 2.87. The molecule has 3 fully saturated rings. The van der Waals surface area contributed by atoms with Crippen LogP contribution in [0.25, 0.3) is 0 Å². The lowest BCUT2D eigenvalue weighted by Gasteiger charge is -2.60. The molecule has 6 heteroatoms. The first-order valence-electron chi connectivity index (χ1n) is 9.65. The van der Waals surface area contributed by atoms with E-state index in [9.17, 15) is 0 Å². The molecule has 140 valence electrons. The second-order valence-corrected chi connectivity index (χ2v) is 9.29. The molecule has 3 aliphatic heterocycles. The van der Waals surface area contributed by atoms with Gasteiger partial charge in [-0.3, -0.25) is 0 Å². The van der Waals surface area contributed by atoms with Crippen molar-refractivity contribution >= 4 is 15.9 Å². The molecule has 6 rings (SSSR count). The molecule has 0 N–H and O–H groups in total. The number of benzene rings is 1. The van der Waals surface area contributed by atoms with E-state index in [0.717, 1.165) is 48.2 Å². The first-order chi connectivity index (χ1) is 12.6. The molecule has 5 nitrogen and oxygen atoms in total. The molecule has 5 aliphatic rings. The molecule has 1 aromatic rings. The molecule has 0 aromatic heterocycles. The van der Waals surface area contributed by atoms with Crippen LogP contribution in [0.15, 0.2) is 10.5 Å². The molecule has 0 radical (unpaired) electrons. The number of halogens is 1. The van der Waals surface area contributed by atoms with Crippen molar-refractivity contribution in [2.75, 3.05) is 33.9 Å². The van der Waals surface area contributed by atoms with Crippen LogP contribution in [0, 0.1) is 5.92 Å². The van der Waals surface area contributed by atoms with Crippen molar-refractivity contribution < 1.29 is 18.9 Å². The lowest BCUT2D eigenvalue weighted by Crippen LogP contribution is -2.70. The van der Waals surface area contributed by atoms with E-state index in [1.54, 1.807) is 7.11 Å². The Morgan fingerprint density at radius 3 is 2.85 bits per heavy atom. The quantitative estimate of drug-likeness (QED) is 0.696. The van der Waals surface area contributed by atoms with Crippen LogP contribution in [-0.2, 0) is 21.3 Å². The molecule has 1 saturated carbocycles. The highest BCUT2D eigenvalue weighted by Crippen LogP contribution is 2.67. The fourth-order valence-electron chi connectivity index (χ4n) is 6.65. The van der Waals surface area contributed by atoms with Crippen LogP contribution < -0.4 is 9.47 Å². The summed E-state index contributed by atoms with van der Waals surface area (Å²) in [6.45, 7) is 2.41. The SMILES string of the molecule is COc1cc(Br)c2c3c1O[C@H]1C4(CCC5C(C2)N(C)CC[C@@]351)OCCO4. The number of rotatable bonds is 1. The average molecular weight is 422 g/mol. The molecule has 2 bridgehead atoms. The summed E-state index contributed by atoms with van der Waals surface area (Å²) in [5.74, 6) is 1.74. The van der Waals surface area contributed by atoms with Gasteiger partial charge in [0, 0.05) is 27.9 Å². The molecule has 26 heavy (non-hydrogen) atoms. The van der Waals surface area contributed by atoms with Gasteiger partial charge in [-0.1, -0.05) is 15.9 Å². The molecule has 1 aromatic carbocycles. The fourth-order valence-corrected chi connectivity index (χ4v) is 7.22. The summed E-state index contributed by atoms with van der Waals surface area (Å²) < 4.78 is 26.1. The molecule has 2 aliphatic carbocycles. The molecule has 4 atom stereocenters. The van der Waals surface area contributed by atoms with Gasteiger partial charge < -0.3 is 23.8 Å². The largest absolute Gasteiger partial charge is 0.493 e. The zero-order valence-corrected chi connectivity index (χ0v) is 16.8. The van der Waals surface area contributed by atoms with Crippen LogP contribution in [0.1, 0.15) is 30.4 Å². The summed E-state index contributed by atoms with van der Waals surface area (Å²) in [5, 5.41) is 0. The van der Waals surface area contributed by atoms with Crippen LogP contribution in [0.4, 0.5) is 0 Å². The monoisotopic (exact) mass is 421 g/mol. The van der Waals surface area contributed by atoms with Crippen molar-refractivity contribution in [1.29, 1.82) is 0 Å². The van der Waals surface area contributed by atoms with E-state index in [0.29, 0.717) is 25.2 Å². The lowest BCUT2D eigenvalue weighted by atomic mass is 9.50. The van der Waals surface area contributed by atoms with Crippen LogP contribution in [-0.4, -0.2) is 56.7 Å². The first kappa shape index (κ1) is 16.2. The summed E-state index contributed by atoms with van der Waals surface area (Å²) in [6, 6.07) is 2.62. The molecular formula is C20H24BrNO4. The number of ether oxygens (including phenoxy) is 4. The Balaban J connectivity index is 1.64. The normalized spacial score (nSPS) is 39.0. The van der Waals surface area contributed by atoms with Crippen LogP contribution >= 0.6 is 15.9 Å². The van der Waals surface area contributed by atoms with Crippen molar-refractivity contribution in [2.24, 2.45) is 5.92 Å². The smallest absolute Gasteiger partial charge is 0.206 e. The summed E-state index contributed by atoms with van der Waals surface area (Å²) in [7, 11) is 4.00. The molecule has 0 amide bonds. The van der Waals surface area contributed by atoms with Gasteiger partial charge in [-0.2, -0.15) is 0 Å². The van der Waals surface area contributed by atoms with Gasteiger partial charge in [-0.25, -0.2) is 0 Å². The predicted molar refractivity (Wildman–Crippen MR) is 98.9 cm³/mol. The minimum Gasteiger partial charge on any atom is -0.493 e. The van der Waals surface area contributed by atoms with E-state index < -0.39 is 5.79 Å². The van der Waals surface area contributed by atoms with Crippen molar-refractivity contribution in [1.82, 2.24) is 4.90 Å². The van der Waals surface area contributed by atoms with Crippen LogP contribution in [0.3, 0.4) is 0 Å². The number of hydrogen-bond donors (Lipinski definition) is 0. The Morgan fingerprint density at radius 1 is 1.27 bits per heavy atom. The Morgan fingerprint density at radius 2 is 2.08 bits per heavy atom. The van der Waals surface area contributed by atoms with Crippen LogP contribution in [0.5, 0.6) is 11.5 Å².